The van der Waals surface area contributed by atoms with E-state index in [1.54, 1.807) is 24.3 Å². The first kappa shape index (κ1) is 21.6. The van der Waals surface area contributed by atoms with Crippen molar-refractivity contribution < 1.29 is 26.3 Å². The number of hydrogen-bond acceptors (Lipinski definition) is 4. The Morgan fingerprint density at radius 3 is 2.37 bits per heavy atom. The Kier molecular flexibility index (Phi) is 5.73. The van der Waals surface area contributed by atoms with E-state index in [0.29, 0.717) is 17.7 Å². The fourth-order valence-electron chi connectivity index (χ4n) is 2.95. The Hall–Kier alpha value is -3.11. The van der Waals surface area contributed by atoms with Gasteiger partial charge in [0.05, 0.1) is 23.4 Å². The van der Waals surface area contributed by atoms with Crippen molar-refractivity contribution in [3.05, 3.63) is 72.4 Å². The van der Waals surface area contributed by atoms with Crippen LogP contribution in [0.15, 0.2) is 66.1 Å². The van der Waals surface area contributed by atoms with Crippen LogP contribution in [0.5, 0.6) is 5.75 Å². The second-order valence-electron chi connectivity index (χ2n) is 6.38. The number of ether oxygens (including phenoxy) is 1. The van der Waals surface area contributed by atoms with Crippen LogP contribution in [0.1, 0.15) is 11.3 Å². The molecular formula is C20H18F3N3O3S. The first-order valence-corrected chi connectivity index (χ1v) is 10.2. The topological polar surface area (TPSA) is 87.2 Å². The van der Waals surface area contributed by atoms with Gasteiger partial charge in [0.1, 0.15) is 5.75 Å². The van der Waals surface area contributed by atoms with Gasteiger partial charge in [-0.05, 0) is 60.5 Å². The molecule has 0 saturated carbocycles. The van der Waals surface area contributed by atoms with Crippen LogP contribution < -0.4 is 9.88 Å². The third kappa shape index (κ3) is 4.39. The molecule has 0 atom stereocenters. The van der Waals surface area contributed by atoms with Gasteiger partial charge in [-0.1, -0.05) is 6.08 Å². The molecule has 0 aliphatic rings. The summed E-state index contributed by atoms with van der Waals surface area (Å²) in [5.41, 5.74) is 0.573. The second kappa shape index (κ2) is 7.96. The quantitative estimate of drug-likeness (QED) is 0.592. The number of halogens is 3. The smallest absolute Gasteiger partial charge is 0.435 e. The third-order valence-electron chi connectivity index (χ3n) is 4.35. The van der Waals surface area contributed by atoms with Gasteiger partial charge in [0.15, 0.2) is 5.69 Å². The first-order valence-electron chi connectivity index (χ1n) is 8.63. The fourth-order valence-corrected chi connectivity index (χ4v) is 3.47. The Bertz CT molecular complexity index is 1180. The lowest BCUT2D eigenvalue weighted by Crippen LogP contribution is -2.12. The molecule has 1 aromatic heterocycles. The molecule has 0 fully saturated rings. The molecule has 2 aromatic carbocycles. The maximum atomic E-state index is 13.3. The number of hydrogen-bond donors (Lipinski definition) is 1. The molecule has 0 amide bonds. The van der Waals surface area contributed by atoms with E-state index in [-0.39, 0.29) is 16.3 Å². The van der Waals surface area contributed by atoms with E-state index in [4.69, 9.17) is 9.88 Å². The van der Waals surface area contributed by atoms with E-state index in [1.165, 1.54) is 31.4 Å². The zero-order chi connectivity index (χ0) is 22.1. The van der Waals surface area contributed by atoms with Crippen LogP contribution in [-0.4, -0.2) is 25.3 Å². The Balaban J connectivity index is 2.19. The summed E-state index contributed by atoms with van der Waals surface area (Å²) in [5.74, 6) is 0.582. The summed E-state index contributed by atoms with van der Waals surface area (Å²) in [7, 11) is -2.43. The van der Waals surface area contributed by atoms with E-state index in [2.05, 4.69) is 11.7 Å². The van der Waals surface area contributed by atoms with Crippen molar-refractivity contribution >= 4 is 10.0 Å². The SMILES string of the molecule is C=CCc1cc(-c2cc(C(F)(F)F)nn2-c2ccc(S(N)(=O)=O)cc2)ccc1OC. The van der Waals surface area contributed by atoms with E-state index in [1.807, 2.05) is 0 Å². The molecule has 6 nitrogen and oxygen atoms in total. The summed E-state index contributed by atoms with van der Waals surface area (Å²) in [4.78, 5) is -0.159. The molecule has 158 valence electrons. The minimum Gasteiger partial charge on any atom is -0.496 e. The zero-order valence-corrected chi connectivity index (χ0v) is 16.7. The number of nitrogens with zero attached hydrogens (tertiary/aromatic N) is 2. The Morgan fingerprint density at radius 2 is 1.83 bits per heavy atom. The average Bonchev–Trinajstić information content (AvgIpc) is 3.13. The monoisotopic (exact) mass is 437 g/mol. The molecule has 3 aromatic rings. The molecule has 2 N–H and O–H groups in total. The van der Waals surface area contributed by atoms with E-state index >= 15 is 0 Å². The highest BCUT2D eigenvalue weighted by Crippen LogP contribution is 2.35. The third-order valence-corrected chi connectivity index (χ3v) is 5.28. The molecular weight excluding hydrogens is 419 g/mol. The van der Waals surface area contributed by atoms with Gasteiger partial charge in [-0.3, -0.25) is 0 Å². The summed E-state index contributed by atoms with van der Waals surface area (Å²) in [5, 5.41) is 8.78. The van der Waals surface area contributed by atoms with Gasteiger partial charge in [0.2, 0.25) is 10.0 Å². The molecule has 3 rings (SSSR count). The van der Waals surface area contributed by atoms with Gasteiger partial charge in [0, 0.05) is 5.56 Å². The number of allylic oxidation sites excluding steroid dienone is 1. The number of sulfonamides is 1. The number of rotatable bonds is 6. The molecule has 0 bridgehead atoms. The Labute approximate surface area is 171 Å². The standard InChI is InChI=1S/C20H18F3N3O3S/c1-3-4-14-11-13(5-10-18(14)29-2)17-12-19(20(21,22)23)25-26(17)15-6-8-16(9-7-15)30(24,27)28/h3,5-12H,1,4H2,2H3,(H2,24,27,28). The number of methoxy groups -OCH3 is 1. The van der Waals surface area contributed by atoms with Gasteiger partial charge in [0.25, 0.3) is 0 Å². The maximum absolute atomic E-state index is 13.3. The molecule has 30 heavy (non-hydrogen) atoms. The van der Waals surface area contributed by atoms with Crippen LogP contribution in [0, 0.1) is 0 Å². The van der Waals surface area contributed by atoms with Crippen LogP contribution in [0.4, 0.5) is 13.2 Å². The summed E-state index contributed by atoms with van der Waals surface area (Å²) in [6.07, 6.45) is -2.54. The molecule has 0 saturated heterocycles. The van der Waals surface area contributed by atoms with E-state index in [9.17, 15) is 21.6 Å². The van der Waals surface area contributed by atoms with Gasteiger partial charge >= 0.3 is 6.18 Å². The molecule has 0 aliphatic carbocycles. The number of nitrogens with two attached hydrogens (primary N) is 1. The largest absolute Gasteiger partial charge is 0.496 e. The van der Waals surface area contributed by atoms with Crippen LogP contribution in [0.25, 0.3) is 16.9 Å². The molecule has 0 unspecified atom stereocenters. The zero-order valence-electron chi connectivity index (χ0n) is 15.8. The van der Waals surface area contributed by atoms with E-state index < -0.39 is 21.9 Å². The van der Waals surface area contributed by atoms with Crippen molar-refractivity contribution in [1.29, 1.82) is 0 Å². The van der Waals surface area contributed by atoms with Crippen molar-refractivity contribution in [3.8, 4) is 22.7 Å². The van der Waals surface area contributed by atoms with Gasteiger partial charge in [-0.2, -0.15) is 18.3 Å². The van der Waals surface area contributed by atoms with Crippen LogP contribution in [0.3, 0.4) is 0 Å². The van der Waals surface area contributed by atoms with Crippen LogP contribution in [-0.2, 0) is 22.6 Å². The normalized spacial score (nSPS) is 12.0. The first-order chi connectivity index (χ1) is 14.0. The highest BCUT2D eigenvalue weighted by atomic mass is 32.2. The highest BCUT2D eigenvalue weighted by Gasteiger charge is 2.35. The van der Waals surface area contributed by atoms with Crippen molar-refractivity contribution in [1.82, 2.24) is 9.78 Å². The van der Waals surface area contributed by atoms with Crippen LogP contribution >= 0.6 is 0 Å². The predicted octanol–water partition coefficient (Wildman–Crippen LogP) is 3.94. The van der Waals surface area contributed by atoms with Gasteiger partial charge in [-0.25, -0.2) is 18.2 Å². The fraction of sp³-hybridized carbons (Fsp3) is 0.150. The van der Waals surface area contributed by atoms with Crippen molar-refractivity contribution in [2.45, 2.75) is 17.5 Å². The van der Waals surface area contributed by atoms with Crippen molar-refractivity contribution in [2.24, 2.45) is 5.14 Å². The lowest BCUT2D eigenvalue weighted by atomic mass is 10.0. The number of benzene rings is 2. The van der Waals surface area contributed by atoms with Crippen molar-refractivity contribution in [2.75, 3.05) is 7.11 Å². The summed E-state index contributed by atoms with van der Waals surface area (Å²) < 4.78 is 69.3. The Morgan fingerprint density at radius 1 is 1.17 bits per heavy atom. The minimum atomic E-state index is -4.66. The number of alkyl halides is 3. The van der Waals surface area contributed by atoms with Gasteiger partial charge in [-0.15, -0.1) is 6.58 Å². The lowest BCUT2D eigenvalue weighted by Gasteiger charge is -2.12. The second-order valence-corrected chi connectivity index (χ2v) is 7.94. The summed E-state index contributed by atoms with van der Waals surface area (Å²) in [6.45, 7) is 3.68. The summed E-state index contributed by atoms with van der Waals surface area (Å²) in [6, 6.07) is 11.0. The minimum absolute atomic E-state index is 0.159. The van der Waals surface area contributed by atoms with Crippen molar-refractivity contribution in [3.63, 3.8) is 0 Å². The average molecular weight is 437 g/mol. The van der Waals surface area contributed by atoms with Crippen LogP contribution in [0.2, 0.25) is 0 Å². The number of aromatic nitrogens is 2. The van der Waals surface area contributed by atoms with E-state index in [0.717, 1.165) is 16.3 Å². The predicted molar refractivity (Wildman–Crippen MR) is 106 cm³/mol. The maximum Gasteiger partial charge on any atom is 0.435 e. The van der Waals surface area contributed by atoms with Gasteiger partial charge < -0.3 is 4.74 Å². The summed E-state index contributed by atoms with van der Waals surface area (Å²) >= 11 is 0. The number of primary sulfonamides is 1. The molecule has 0 spiro atoms. The molecule has 1 heterocycles. The molecule has 0 radical (unpaired) electrons. The molecule has 10 heteroatoms. The highest BCUT2D eigenvalue weighted by molar-refractivity contribution is 7.89. The molecule has 0 aliphatic heterocycles. The lowest BCUT2D eigenvalue weighted by molar-refractivity contribution is -0.141.